The molecule has 0 spiro atoms. The van der Waals surface area contributed by atoms with Crippen molar-refractivity contribution in [3.8, 4) is 34.6 Å². The summed E-state index contributed by atoms with van der Waals surface area (Å²) < 4.78 is 39.0. The average molecular weight is 902 g/mol. The molecule has 0 saturated carbocycles. The lowest BCUT2D eigenvalue weighted by atomic mass is 9.98. The molecule has 6 aromatic rings. The van der Waals surface area contributed by atoms with E-state index in [1.165, 1.54) is 6.08 Å². The number of piperidine rings is 2. The number of nitrogens with zero attached hydrogens (tertiary/aromatic N) is 8. The van der Waals surface area contributed by atoms with E-state index in [0.29, 0.717) is 83.4 Å². The van der Waals surface area contributed by atoms with Crippen LogP contribution in [0.5, 0.6) is 0 Å². The first-order valence-electron chi connectivity index (χ1n) is 20.2. The molecule has 2 aliphatic heterocycles. The number of H-pyrrole nitrogens is 2. The van der Waals surface area contributed by atoms with E-state index in [0.717, 1.165) is 48.8 Å². The Balaban J connectivity index is 0.000000189. The Morgan fingerprint density at radius 1 is 0.810 bits per heavy atom. The van der Waals surface area contributed by atoms with Crippen LogP contribution in [0, 0.1) is 35.3 Å². The highest BCUT2D eigenvalue weighted by Crippen LogP contribution is 2.30. The molecule has 20 heteroatoms. The van der Waals surface area contributed by atoms with Crippen LogP contribution in [-0.2, 0) is 9.47 Å². The number of aromatic amines is 2. The van der Waals surface area contributed by atoms with Gasteiger partial charge in [-0.1, -0.05) is 41.8 Å². The average Bonchev–Trinajstić information content (AvgIpc) is 3.92. The predicted octanol–water partition coefficient (Wildman–Crippen LogP) is 8.36. The Kier molecular flexibility index (Phi) is 14.8. The maximum atomic E-state index is 14.4. The first-order chi connectivity index (χ1) is 30.6. The predicted molar refractivity (Wildman–Crippen MR) is 236 cm³/mol. The number of carbonyl (C=O) groups excluding carboxylic acids is 2. The number of amides is 2. The summed E-state index contributed by atoms with van der Waals surface area (Å²) in [5.74, 6) is 5.54. The van der Waals surface area contributed by atoms with Crippen molar-refractivity contribution in [2.75, 3.05) is 63.1 Å². The zero-order chi connectivity index (χ0) is 44.3. The number of halogens is 4. The van der Waals surface area contributed by atoms with Gasteiger partial charge < -0.3 is 39.9 Å². The quantitative estimate of drug-likeness (QED) is 0.0719. The molecule has 0 radical (unpaired) electrons. The molecule has 63 heavy (non-hydrogen) atoms. The molecule has 16 nitrogen and oxygen atoms in total. The molecule has 2 aliphatic rings. The van der Waals surface area contributed by atoms with Crippen LogP contribution in [-0.4, -0.2) is 114 Å². The largest absolute Gasteiger partial charge is 0.445 e. The summed E-state index contributed by atoms with van der Waals surface area (Å²) in [4.78, 5) is 59.1. The van der Waals surface area contributed by atoms with E-state index in [9.17, 15) is 18.4 Å². The molecule has 2 amide bonds. The Bertz CT molecular complexity index is 2650. The molecule has 4 N–H and O–H groups in total. The summed E-state index contributed by atoms with van der Waals surface area (Å²) in [6.45, 7) is 8.79. The van der Waals surface area contributed by atoms with E-state index < -0.39 is 11.6 Å². The Hall–Kier alpha value is -6.58. The number of carbonyl (C=O) groups is 2. The van der Waals surface area contributed by atoms with E-state index in [1.54, 1.807) is 53.6 Å². The standard InChI is InChI=1S/C22H22ClFN6O2.C21H22ClFN6O2/c1-2-3-7-32-22(31)30-6-4-5-14(13-30)9-25-21-18(24)12-28-20(29-21)17-11-27-19-16(17)8-15(23)10-26-19;1-2-6-31-21(30)29-5-3-4-13(12-29)8-24-20-17(23)11-27-19(28-20)16-10-26-18-15(16)7-14(22)9-25-18/h8,10-12,14H,4-7,9,13H2,1H3,(H,26,27)(H,25,28,29);2,7,9-11,13H,1,3-6,8,12H2,(H,25,26)(H,24,27,28). The minimum atomic E-state index is -0.546. The highest BCUT2D eigenvalue weighted by atomic mass is 35.5. The van der Waals surface area contributed by atoms with E-state index in [1.807, 2.05) is 0 Å². The van der Waals surface area contributed by atoms with Gasteiger partial charge in [-0.05, 0) is 56.6 Å². The molecule has 2 fully saturated rings. The molecule has 6 aromatic heterocycles. The molecule has 328 valence electrons. The molecule has 8 rings (SSSR count). The zero-order valence-electron chi connectivity index (χ0n) is 34.3. The van der Waals surface area contributed by atoms with Crippen LogP contribution in [0.4, 0.5) is 30.0 Å². The maximum absolute atomic E-state index is 14.4. The van der Waals surface area contributed by atoms with Crippen molar-refractivity contribution in [2.24, 2.45) is 11.8 Å². The first-order valence-corrected chi connectivity index (χ1v) is 21.0. The van der Waals surface area contributed by atoms with Crippen LogP contribution >= 0.6 is 23.2 Å². The fraction of sp³-hybridized carbons (Fsp3) is 0.349. The molecule has 2 unspecified atom stereocenters. The van der Waals surface area contributed by atoms with Gasteiger partial charge >= 0.3 is 12.2 Å². The normalized spacial score (nSPS) is 16.1. The van der Waals surface area contributed by atoms with Crippen LogP contribution in [0.3, 0.4) is 0 Å². The van der Waals surface area contributed by atoms with Crippen molar-refractivity contribution in [3.05, 3.63) is 83.6 Å². The van der Waals surface area contributed by atoms with Gasteiger partial charge in [-0.15, -0.1) is 5.92 Å². The van der Waals surface area contributed by atoms with Crippen LogP contribution < -0.4 is 10.6 Å². The fourth-order valence-corrected chi connectivity index (χ4v) is 7.64. The van der Waals surface area contributed by atoms with Crippen LogP contribution in [0.15, 0.2) is 62.0 Å². The number of ether oxygens (including phenoxy) is 2. The minimum Gasteiger partial charge on any atom is -0.445 e. The zero-order valence-corrected chi connectivity index (χ0v) is 35.8. The number of hydrogen-bond donors (Lipinski definition) is 4. The van der Waals surface area contributed by atoms with Crippen molar-refractivity contribution in [2.45, 2.75) is 32.6 Å². The maximum Gasteiger partial charge on any atom is 0.410 e. The van der Waals surface area contributed by atoms with Gasteiger partial charge in [0.05, 0.1) is 22.4 Å². The topological polar surface area (TPSA) is 192 Å². The number of anilines is 2. The molecule has 8 heterocycles. The van der Waals surface area contributed by atoms with Crippen LogP contribution in [0.1, 0.15) is 32.6 Å². The van der Waals surface area contributed by atoms with Crippen LogP contribution in [0.25, 0.3) is 44.8 Å². The van der Waals surface area contributed by atoms with Crippen molar-refractivity contribution >= 4 is 69.1 Å². The summed E-state index contributed by atoms with van der Waals surface area (Å²) in [6, 6.07) is 3.52. The lowest BCUT2D eigenvalue weighted by Crippen LogP contribution is -2.42. The van der Waals surface area contributed by atoms with Crippen LogP contribution in [0.2, 0.25) is 10.0 Å². The highest BCUT2D eigenvalue weighted by Gasteiger charge is 2.27. The number of aromatic nitrogens is 8. The van der Waals surface area contributed by atoms with E-state index in [-0.39, 0.29) is 48.9 Å². The number of pyridine rings is 2. The van der Waals surface area contributed by atoms with Gasteiger partial charge in [0.25, 0.3) is 0 Å². The third-order valence-corrected chi connectivity index (χ3v) is 10.8. The van der Waals surface area contributed by atoms with Crippen molar-refractivity contribution < 1.29 is 27.8 Å². The Morgan fingerprint density at radius 3 is 1.78 bits per heavy atom. The number of hydrogen-bond acceptors (Lipinski definition) is 12. The summed E-state index contributed by atoms with van der Waals surface area (Å²) in [6.07, 6.45) is 13.2. The van der Waals surface area contributed by atoms with E-state index >= 15 is 0 Å². The number of nitrogens with one attached hydrogen (secondary N) is 4. The first kappa shape index (κ1) is 44.5. The highest BCUT2D eigenvalue weighted by molar-refractivity contribution is 6.31. The Morgan fingerprint density at radius 2 is 1.30 bits per heavy atom. The molecule has 0 aromatic carbocycles. The van der Waals surface area contributed by atoms with Gasteiger partial charge in [0.1, 0.15) is 17.9 Å². The van der Waals surface area contributed by atoms with Crippen molar-refractivity contribution in [3.63, 3.8) is 0 Å². The number of likely N-dealkylation sites (tertiary alicyclic amines) is 2. The van der Waals surface area contributed by atoms with Gasteiger partial charge in [-0.3, -0.25) is 0 Å². The lowest BCUT2D eigenvalue weighted by Gasteiger charge is -2.32. The van der Waals surface area contributed by atoms with Gasteiger partial charge in [0.2, 0.25) is 0 Å². The molecule has 0 bridgehead atoms. The van der Waals surface area contributed by atoms with Gasteiger partial charge in [-0.2, -0.15) is 0 Å². The van der Waals surface area contributed by atoms with E-state index in [2.05, 4.69) is 68.9 Å². The van der Waals surface area contributed by atoms with Crippen molar-refractivity contribution in [1.29, 1.82) is 0 Å². The van der Waals surface area contributed by atoms with Crippen molar-refractivity contribution in [1.82, 2.24) is 49.7 Å². The molecular weight excluding hydrogens is 857 g/mol. The minimum absolute atomic E-state index is 0.0816. The summed E-state index contributed by atoms with van der Waals surface area (Å²) >= 11 is 12.1. The smallest absolute Gasteiger partial charge is 0.410 e. The lowest BCUT2D eigenvalue weighted by molar-refractivity contribution is 0.0939. The van der Waals surface area contributed by atoms with Gasteiger partial charge in [0, 0.05) is 86.0 Å². The van der Waals surface area contributed by atoms with Gasteiger partial charge in [0.15, 0.2) is 41.5 Å². The Labute approximate surface area is 371 Å². The second kappa shape index (κ2) is 21.0. The number of rotatable bonds is 11. The fourth-order valence-electron chi connectivity index (χ4n) is 7.33. The third kappa shape index (κ3) is 11.3. The summed E-state index contributed by atoms with van der Waals surface area (Å²) in [5, 5.41) is 8.64. The second-order valence-corrected chi connectivity index (χ2v) is 15.7. The number of fused-ring (bicyclic) bond motifs is 2. The SMILES string of the molecule is C=CCOC(=O)N1CCCC(CNc2nc(-c3c[nH]c4ncc(Cl)cc34)ncc2F)C1.CC#CCOC(=O)N1CCCC(CNc2nc(-c3c[nH]c4ncc(Cl)cc34)ncc2F)C1. The van der Waals surface area contributed by atoms with Gasteiger partial charge in [-0.25, -0.2) is 48.3 Å². The summed E-state index contributed by atoms with van der Waals surface area (Å²) in [5.41, 5.74) is 2.65. The molecule has 0 aliphatic carbocycles. The molecule has 2 atom stereocenters. The molecular formula is C43H44Cl2F2N12O4. The monoisotopic (exact) mass is 900 g/mol. The summed E-state index contributed by atoms with van der Waals surface area (Å²) in [7, 11) is 0. The third-order valence-electron chi connectivity index (χ3n) is 10.4. The van der Waals surface area contributed by atoms with E-state index in [4.69, 9.17) is 32.7 Å². The second-order valence-electron chi connectivity index (χ2n) is 14.8. The molecule has 2 saturated heterocycles.